The van der Waals surface area contributed by atoms with E-state index in [-0.39, 0.29) is 24.7 Å². The summed E-state index contributed by atoms with van der Waals surface area (Å²) in [6.07, 6.45) is 2.38. The van der Waals surface area contributed by atoms with Gasteiger partial charge in [0.15, 0.2) is 0 Å². The molecule has 2 aliphatic rings. The minimum absolute atomic E-state index is 0.0631. The van der Waals surface area contributed by atoms with Gasteiger partial charge < -0.3 is 4.90 Å². The van der Waals surface area contributed by atoms with Crippen molar-refractivity contribution in [2.24, 2.45) is 0 Å². The highest BCUT2D eigenvalue weighted by Gasteiger charge is 2.36. The van der Waals surface area contributed by atoms with Crippen LogP contribution in [0, 0.1) is 0 Å². The number of likely N-dealkylation sites (tertiary alicyclic amines) is 1. The zero-order chi connectivity index (χ0) is 20.8. The van der Waals surface area contributed by atoms with Gasteiger partial charge in [-0.15, -0.1) is 0 Å². The lowest BCUT2D eigenvalue weighted by atomic mass is 10.0. The van der Waals surface area contributed by atoms with Crippen molar-refractivity contribution in [3.05, 3.63) is 45.9 Å². The molecule has 1 fully saturated rings. The lowest BCUT2D eigenvalue weighted by molar-refractivity contribution is -0.134. The van der Waals surface area contributed by atoms with Gasteiger partial charge >= 0.3 is 5.69 Å². The van der Waals surface area contributed by atoms with E-state index in [0.29, 0.717) is 43.6 Å². The molecule has 7 nitrogen and oxygen atoms in total. The molecule has 0 saturated carbocycles. The smallest absolute Gasteiger partial charge is 0.338 e. The molecule has 4 heterocycles. The molecule has 0 radical (unpaired) electrons. The molecule has 10 heteroatoms. The first-order valence-electron chi connectivity index (χ1n) is 9.68. The summed E-state index contributed by atoms with van der Waals surface area (Å²) in [6.45, 7) is 1.26. The Morgan fingerprint density at radius 2 is 2.10 bits per heavy atom. The van der Waals surface area contributed by atoms with E-state index < -0.39 is 23.8 Å². The van der Waals surface area contributed by atoms with E-state index in [9.17, 15) is 22.8 Å². The number of pyridine rings is 1. The average Bonchev–Trinajstić information content (AvgIpc) is 3.25. The fraction of sp³-hybridized carbons (Fsp3) is 0.579. The van der Waals surface area contributed by atoms with Gasteiger partial charge in [-0.25, -0.2) is 13.9 Å². The summed E-state index contributed by atoms with van der Waals surface area (Å²) >= 11 is 0. The zero-order valence-corrected chi connectivity index (χ0v) is 16.0. The van der Waals surface area contributed by atoms with Crippen LogP contribution < -0.4 is 5.69 Å². The highest BCUT2D eigenvalue weighted by molar-refractivity contribution is 5.81. The van der Waals surface area contributed by atoms with E-state index in [2.05, 4.69) is 10.1 Å². The molecule has 2 atom stereocenters. The molecule has 2 aromatic heterocycles. The van der Waals surface area contributed by atoms with Gasteiger partial charge in [-0.05, 0) is 30.9 Å². The average molecular weight is 409 g/mol. The molecule has 0 bridgehead atoms. The van der Waals surface area contributed by atoms with Crippen LogP contribution in [0.4, 0.5) is 13.2 Å². The van der Waals surface area contributed by atoms with Crippen LogP contribution in [0.3, 0.4) is 0 Å². The topological polar surface area (TPSA) is 73.0 Å². The predicted molar refractivity (Wildman–Crippen MR) is 97.5 cm³/mol. The number of carbonyl (C=O) groups excluding carboxylic acids is 1. The number of alkyl halides is 3. The molecular weight excluding hydrogens is 387 g/mol. The zero-order valence-electron chi connectivity index (χ0n) is 16.0. The molecule has 2 aromatic rings. The lowest BCUT2D eigenvalue weighted by Gasteiger charge is -2.26. The quantitative estimate of drug-likeness (QED) is 0.775. The summed E-state index contributed by atoms with van der Waals surface area (Å²) in [5, 5.41) is 4.34. The molecule has 0 spiro atoms. The SMILES string of the molecule is CC(F)(F)c1ccc(Cn2nc3n(c2=O)[C@H](C(=O)N2CC[C@H](F)C2)CCC3)cn1. The van der Waals surface area contributed by atoms with Crippen molar-refractivity contribution < 1.29 is 18.0 Å². The van der Waals surface area contributed by atoms with Crippen molar-refractivity contribution in [1.29, 1.82) is 0 Å². The Kier molecular flexibility index (Phi) is 4.95. The van der Waals surface area contributed by atoms with Crippen molar-refractivity contribution in [3.8, 4) is 0 Å². The minimum Gasteiger partial charge on any atom is -0.338 e. The molecule has 0 N–H and O–H groups in total. The maximum Gasteiger partial charge on any atom is 0.346 e. The molecule has 156 valence electrons. The van der Waals surface area contributed by atoms with E-state index in [1.165, 1.54) is 32.5 Å². The summed E-state index contributed by atoms with van der Waals surface area (Å²) in [7, 11) is 0. The maximum absolute atomic E-state index is 13.5. The molecule has 0 unspecified atom stereocenters. The fourth-order valence-electron chi connectivity index (χ4n) is 3.95. The number of hydrogen-bond donors (Lipinski definition) is 0. The number of aromatic nitrogens is 4. The summed E-state index contributed by atoms with van der Waals surface area (Å²) in [5.74, 6) is -2.77. The molecule has 4 rings (SSSR count). The normalized spacial score (nSPS) is 22.0. The number of nitrogens with zero attached hydrogens (tertiary/aromatic N) is 5. The van der Waals surface area contributed by atoms with Crippen LogP contribution in [0.15, 0.2) is 23.1 Å². The standard InChI is InChI=1S/C19H22F3N5O2/c1-19(21,22)15-6-5-12(9-23-15)10-26-18(29)27-14(3-2-4-16(27)24-26)17(28)25-8-7-13(20)11-25/h5-6,9,13-14H,2-4,7-8,10-11H2,1H3/t13-,14-/m0/s1. The molecule has 2 aliphatic heterocycles. The van der Waals surface area contributed by atoms with Crippen molar-refractivity contribution >= 4 is 5.91 Å². The number of hydrogen-bond acceptors (Lipinski definition) is 4. The van der Waals surface area contributed by atoms with Crippen LogP contribution in [0.2, 0.25) is 0 Å². The van der Waals surface area contributed by atoms with Crippen LogP contribution in [-0.2, 0) is 23.7 Å². The van der Waals surface area contributed by atoms with Crippen LogP contribution >= 0.6 is 0 Å². The van der Waals surface area contributed by atoms with Gasteiger partial charge in [0.05, 0.1) is 13.1 Å². The van der Waals surface area contributed by atoms with Gasteiger partial charge in [-0.1, -0.05) is 6.07 Å². The van der Waals surface area contributed by atoms with Gasteiger partial charge in [0.2, 0.25) is 5.91 Å². The summed E-state index contributed by atoms with van der Waals surface area (Å²) < 4.78 is 42.7. The van der Waals surface area contributed by atoms with Gasteiger partial charge in [0, 0.05) is 26.1 Å². The van der Waals surface area contributed by atoms with Gasteiger partial charge in [0.25, 0.3) is 5.92 Å². The Labute approximate surface area is 165 Å². The van der Waals surface area contributed by atoms with E-state index >= 15 is 0 Å². The van der Waals surface area contributed by atoms with Crippen LogP contribution in [0.5, 0.6) is 0 Å². The van der Waals surface area contributed by atoms with E-state index in [1.807, 2.05) is 0 Å². The van der Waals surface area contributed by atoms with Crippen molar-refractivity contribution in [3.63, 3.8) is 0 Å². The third kappa shape index (κ3) is 3.79. The highest BCUT2D eigenvalue weighted by Crippen LogP contribution is 2.27. The second-order valence-electron chi connectivity index (χ2n) is 7.74. The fourth-order valence-corrected chi connectivity index (χ4v) is 3.95. The van der Waals surface area contributed by atoms with E-state index in [0.717, 1.165) is 6.92 Å². The Balaban J connectivity index is 1.58. The largest absolute Gasteiger partial charge is 0.346 e. The van der Waals surface area contributed by atoms with E-state index in [1.54, 1.807) is 0 Å². The van der Waals surface area contributed by atoms with Crippen molar-refractivity contribution in [2.75, 3.05) is 13.1 Å². The first-order chi connectivity index (χ1) is 13.7. The Morgan fingerprint density at radius 3 is 2.72 bits per heavy atom. The molecule has 29 heavy (non-hydrogen) atoms. The minimum atomic E-state index is -3.04. The van der Waals surface area contributed by atoms with Crippen molar-refractivity contribution in [2.45, 2.75) is 57.3 Å². The first kappa shape index (κ1) is 19.7. The second-order valence-corrected chi connectivity index (χ2v) is 7.74. The number of fused-ring (bicyclic) bond motifs is 1. The molecule has 0 aliphatic carbocycles. The number of aryl methyl sites for hydroxylation is 1. The first-order valence-corrected chi connectivity index (χ1v) is 9.68. The van der Waals surface area contributed by atoms with Gasteiger partial charge in [-0.3, -0.25) is 14.3 Å². The monoisotopic (exact) mass is 409 g/mol. The molecular formula is C19H22F3N5O2. The number of halogens is 3. The Morgan fingerprint density at radius 1 is 1.31 bits per heavy atom. The van der Waals surface area contributed by atoms with Crippen LogP contribution in [0.25, 0.3) is 0 Å². The summed E-state index contributed by atoms with van der Waals surface area (Å²) in [4.78, 5) is 31.0. The maximum atomic E-state index is 13.5. The third-order valence-corrected chi connectivity index (χ3v) is 5.47. The van der Waals surface area contributed by atoms with Gasteiger partial charge in [0.1, 0.15) is 23.7 Å². The Hall–Kier alpha value is -2.65. The number of rotatable bonds is 4. The molecule has 1 amide bonds. The van der Waals surface area contributed by atoms with Gasteiger partial charge in [-0.2, -0.15) is 13.9 Å². The summed E-state index contributed by atoms with van der Waals surface area (Å²) in [5.41, 5.74) is -0.225. The van der Waals surface area contributed by atoms with Crippen LogP contribution in [-0.4, -0.2) is 49.4 Å². The molecule has 0 aromatic carbocycles. The third-order valence-electron chi connectivity index (χ3n) is 5.47. The molecule has 1 saturated heterocycles. The Bertz CT molecular complexity index is 964. The lowest BCUT2D eigenvalue weighted by Crippen LogP contribution is -2.41. The highest BCUT2D eigenvalue weighted by atomic mass is 19.3. The number of amides is 1. The van der Waals surface area contributed by atoms with Crippen LogP contribution in [0.1, 0.15) is 49.3 Å². The van der Waals surface area contributed by atoms with E-state index in [4.69, 9.17) is 0 Å². The second kappa shape index (κ2) is 7.31. The predicted octanol–water partition coefficient (Wildman–Crippen LogP) is 2.05. The number of carbonyl (C=O) groups is 1. The van der Waals surface area contributed by atoms with Crippen molar-refractivity contribution in [1.82, 2.24) is 24.2 Å². The summed E-state index contributed by atoms with van der Waals surface area (Å²) in [6, 6.07) is 2.03.